The lowest BCUT2D eigenvalue weighted by Gasteiger charge is -2.20. The van der Waals surface area contributed by atoms with Crippen LogP contribution >= 0.6 is 11.3 Å². The molecule has 11 aromatic rings. The third-order valence-corrected chi connectivity index (χ3v) is 11.5. The second kappa shape index (κ2) is 9.78. The maximum atomic E-state index is 6.36. The van der Waals surface area contributed by atoms with E-state index in [2.05, 4.69) is 158 Å². The van der Waals surface area contributed by atoms with Crippen molar-refractivity contribution in [3.8, 4) is 33.4 Å². The van der Waals surface area contributed by atoms with Crippen LogP contribution in [-0.2, 0) is 0 Å². The van der Waals surface area contributed by atoms with Crippen LogP contribution in [0.5, 0.6) is 0 Å². The molecule has 0 atom stereocenters. The molecule has 2 aromatic heterocycles. The molecule has 0 N–H and O–H groups in total. The summed E-state index contributed by atoms with van der Waals surface area (Å²) in [6.07, 6.45) is 0. The molecule has 2 heterocycles. The Morgan fingerprint density at radius 1 is 0.333 bits per heavy atom. The van der Waals surface area contributed by atoms with E-state index in [9.17, 15) is 0 Å². The zero-order valence-electron chi connectivity index (χ0n) is 25.8. The number of hydrogen-bond donors (Lipinski definition) is 0. The van der Waals surface area contributed by atoms with Crippen molar-refractivity contribution in [2.24, 2.45) is 0 Å². The largest absolute Gasteiger partial charge is 0.456 e. The molecule has 0 aliphatic carbocycles. The Hall–Kier alpha value is -5.96. The van der Waals surface area contributed by atoms with Gasteiger partial charge >= 0.3 is 0 Å². The lowest BCUT2D eigenvalue weighted by atomic mass is 9.82. The van der Waals surface area contributed by atoms with Gasteiger partial charge in [-0.25, -0.2) is 0 Å². The van der Waals surface area contributed by atoms with Crippen LogP contribution in [0.15, 0.2) is 162 Å². The van der Waals surface area contributed by atoms with E-state index >= 15 is 0 Å². The Balaban J connectivity index is 1.25. The van der Waals surface area contributed by atoms with Crippen LogP contribution in [0.1, 0.15) is 0 Å². The van der Waals surface area contributed by atoms with E-state index < -0.39 is 0 Å². The summed E-state index contributed by atoms with van der Waals surface area (Å²) in [4.78, 5) is 0. The molecular formula is C46H26OS. The second-order valence-corrected chi connectivity index (χ2v) is 13.8. The van der Waals surface area contributed by atoms with Gasteiger partial charge in [0.25, 0.3) is 0 Å². The number of fused-ring (bicyclic) bond motifs is 5. The molecule has 0 radical (unpaired) electrons. The summed E-state index contributed by atoms with van der Waals surface area (Å²) in [5.74, 6) is 0. The highest BCUT2D eigenvalue weighted by molar-refractivity contribution is 7.26. The maximum absolute atomic E-state index is 6.36. The van der Waals surface area contributed by atoms with Gasteiger partial charge < -0.3 is 4.42 Å². The van der Waals surface area contributed by atoms with Gasteiger partial charge in [-0.15, -0.1) is 11.3 Å². The summed E-state index contributed by atoms with van der Waals surface area (Å²) < 4.78 is 9.02. The maximum Gasteiger partial charge on any atom is 0.136 e. The van der Waals surface area contributed by atoms with Crippen LogP contribution < -0.4 is 0 Å². The molecule has 0 saturated carbocycles. The molecule has 48 heavy (non-hydrogen) atoms. The van der Waals surface area contributed by atoms with Gasteiger partial charge in [0, 0.05) is 36.5 Å². The van der Waals surface area contributed by atoms with Crippen molar-refractivity contribution >= 4 is 85.8 Å². The fraction of sp³-hybridized carbons (Fsp3) is 0. The minimum atomic E-state index is 0.940. The van der Waals surface area contributed by atoms with E-state index in [1.807, 2.05) is 11.3 Å². The van der Waals surface area contributed by atoms with Crippen LogP contribution in [0.3, 0.4) is 0 Å². The van der Waals surface area contributed by atoms with Crippen molar-refractivity contribution in [2.75, 3.05) is 0 Å². The zero-order chi connectivity index (χ0) is 31.3. The number of hydrogen-bond acceptors (Lipinski definition) is 2. The first kappa shape index (κ1) is 26.1. The predicted octanol–water partition coefficient (Wildman–Crippen LogP) is 13.9. The van der Waals surface area contributed by atoms with Gasteiger partial charge in [-0.05, 0) is 84.4 Å². The van der Waals surface area contributed by atoms with Gasteiger partial charge in [-0.2, -0.15) is 0 Å². The molecule has 0 aliphatic rings. The van der Waals surface area contributed by atoms with Crippen LogP contribution in [0, 0.1) is 0 Å². The molecule has 0 fully saturated rings. The van der Waals surface area contributed by atoms with Crippen molar-refractivity contribution in [3.63, 3.8) is 0 Å². The van der Waals surface area contributed by atoms with Crippen LogP contribution in [0.25, 0.3) is 108 Å². The average molecular weight is 627 g/mol. The normalized spacial score (nSPS) is 12.2. The molecule has 0 spiro atoms. The van der Waals surface area contributed by atoms with Gasteiger partial charge in [0.05, 0.1) is 0 Å². The Morgan fingerprint density at radius 3 is 1.69 bits per heavy atom. The third-order valence-electron chi connectivity index (χ3n) is 10.3. The molecule has 0 saturated heterocycles. The van der Waals surface area contributed by atoms with Crippen molar-refractivity contribution in [3.05, 3.63) is 158 Å². The van der Waals surface area contributed by atoms with Gasteiger partial charge in [-0.3, -0.25) is 0 Å². The third kappa shape index (κ3) is 3.50. The zero-order valence-corrected chi connectivity index (χ0v) is 26.6. The first-order valence-corrected chi connectivity index (χ1v) is 17.3. The number of furan rings is 1. The smallest absolute Gasteiger partial charge is 0.136 e. The lowest BCUT2D eigenvalue weighted by molar-refractivity contribution is 0.669. The number of thiophene rings is 1. The van der Waals surface area contributed by atoms with E-state index in [1.54, 1.807) is 0 Å². The Kier molecular flexibility index (Phi) is 5.32. The molecule has 11 rings (SSSR count). The highest BCUT2D eigenvalue weighted by Gasteiger charge is 2.22. The van der Waals surface area contributed by atoms with E-state index in [0.29, 0.717) is 0 Å². The van der Waals surface area contributed by atoms with Gasteiger partial charge in [-0.1, -0.05) is 133 Å². The minimum absolute atomic E-state index is 0.940. The first-order valence-electron chi connectivity index (χ1n) is 16.4. The van der Waals surface area contributed by atoms with Crippen molar-refractivity contribution in [1.82, 2.24) is 0 Å². The SMILES string of the molecule is c1ccc(-c2cccc3c2sc2ccccc23)c(-c2c3ccccc3c(-c3ccc4oc5cccc6ccc3c4c65)c3ccccc23)c1. The molecule has 0 bridgehead atoms. The average Bonchev–Trinajstić information content (AvgIpc) is 3.73. The predicted molar refractivity (Wildman–Crippen MR) is 207 cm³/mol. The monoisotopic (exact) mass is 626 g/mol. The van der Waals surface area contributed by atoms with Gasteiger partial charge in [0.15, 0.2) is 0 Å². The van der Waals surface area contributed by atoms with Crippen molar-refractivity contribution in [2.45, 2.75) is 0 Å². The van der Waals surface area contributed by atoms with Crippen molar-refractivity contribution in [1.29, 1.82) is 0 Å². The standard InChI is InChI=1S/C46H26OS/c1-2-14-30(28(12-1)37-19-10-20-38-29-13-7-8-22-41(29)48-46(37)38)43-31-15-3-5-17-33(31)44(34-18-6-4-16-32(34)43)35-25-26-40-45-36(35)24-23-27-11-9-21-39(47-40)42(27)45/h1-26H. The molecule has 0 amide bonds. The Labute approximate surface area is 280 Å². The number of benzene rings is 9. The topological polar surface area (TPSA) is 13.1 Å². The summed E-state index contributed by atoms with van der Waals surface area (Å²) in [7, 11) is 0. The molecule has 1 nitrogen and oxygen atoms in total. The van der Waals surface area contributed by atoms with Gasteiger partial charge in [0.2, 0.25) is 0 Å². The van der Waals surface area contributed by atoms with Crippen molar-refractivity contribution < 1.29 is 4.42 Å². The van der Waals surface area contributed by atoms with E-state index in [4.69, 9.17) is 4.42 Å². The summed E-state index contributed by atoms with van der Waals surface area (Å²) in [6, 6.07) is 57.8. The van der Waals surface area contributed by atoms with Gasteiger partial charge in [0.1, 0.15) is 11.2 Å². The summed E-state index contributed by atoms with van der Waals surface area (Å²) in [5.41, 5.74) is 9.46. The van der Waals surface area contributed by atoms with Crippen LogP contribution in [-0.4, -0.2) is 0 Å². The lowest BCUT2D eigenvalue weighted by Crippen LogP contribution is -1.93. The molecule has 0 unspecified atom stereocenters. The molecule has 2 heteroatoms. The van der Waals surface area contributed by atoms with E-state index in [0.717, 1.165) is 11.2 Å². The Morgan fingerprint density at radius 2 is 0.917 bits per heavy atom. The highest BCUT2D eigenvalue weighted by Crippen LogP contribution is 2.50. The quantitative estimate of drug-likeness (QED) is 0.140. The van der Waals surface area contributed by atoms with E-state index in [-0.39, 0.29) is 0 Å². The first-order chi connectivity index (χ1) is 23.8. The summed E-state index contributed by atoms with van der Waals surface area (Å²) >= 11 is 1.89. The Bertz CT molecular complexity index is 3010. The summed E-state index contributed by atoms with van der Waals surface area (Å²) in [6.45, 7) is 0. The van der Waals surface area contributed by atoms with E-state index in [1.165, 1.54) is 96.6 Å². The molecule has 222 valence electrons. The van der Waals surface area contributed by atoms with Crippen LogP contribution in [0.2, 0.25) is 0 Å². The fourth-order valence-corrected chi connectivity index (χ4v) is 9.50. The fourth-order valence-electron chi connectivity index (χ4n) is 8.27. The molecular weight excluding hydrogens is 601 g/mol. The number of rotatable bonds is 3. The second-order valence-electron chi connectivity index (χ2n) is 12.7. The minimum Gasteiger partial charge on any atom is -0.456 e. The molecule has 9 aromatic carbocycles. The highest BCUT2D eigenvalue weighted by atomic mass is 32.1. The molecule has 0 aliphatic heterocycles. The summed E-state index contributed by atoms with van der Waals surface area (Å²) in [5, 5.41) is 12.5. The van der Waals surface area contributed by atoms with Crippen LogP contribution in [0.4, 0.5) is 0 Å².